The Kier molecular flexibility index (Phi) is 2.89. The number of anilines is 1. The van der Waals surface area contributed by atoms with E-state index in [0.717, 1.165) is 22.1 Å². The molecule has 2 heterocycles. The van der Waals surface area contributed by atoms with Gasteiger partial charge in [0.15, 0.2) is 0 Å². The van der Waals surface area contributed by atoms with Crippen LogP contribution in [-0.4, -0.2) is 10.5 Å². The number of benzene rings is 1. The summed E-state index contributed by atoms with van der Waals surface area (Å²) in [5.74, 6) is 0.0850. The van der Waals surface area contributed by atoms with Crippen LogP contribution in [0.3, 0.4) is 0 Å². The van der Waals surface area contributed by atoms with E-state index in [4.69, 9.17) is 0 Å². The second kappa shape index (κ2) is 4.59. The topological polar surface area (TPSA) is 34.0 Å². The summed E-state index contributed by atoms with van der Waals surface area (Å²) in [6.45, 7) is 4.23. The minimum Gasteiger partial charge on any atom is -0.342 e. The lowest BCUT2D eigenvalue weighted by atomic mass is 9.80. The van der Waals surface area contributed by atoms with Crippen LogP contribution >= 0.6 is 15.9 Å². The highest BCUT2D eigenvalue weighted by atomic mass is 79.9. The lowest BCUT2D eigenvalue weighted by Gasteiger charge is -2.23. The average Bonchev–Trinajstić information content (AvgIpc) is 3.12. The van der Waals surface area contributed by atoms with E-state index in [-0.39, 0.29) is 11.9 Å². The number of amides is 1. The number of nitrogens with zero attached hydrogens (tertiary/aromatic N) is 1. The minimum absolute atomic E-state index is 0.0850. The lowest BCUT2D eigenvalue weighted by Crippen LogP contribution is -2.31. The van der Waals surface area contributed by atoms with Crippen LogP contribution in [-0.2, 0) is 10.2 Å². The number of nitrogens with one attached hydrogen (secondary N) is 1. The Morgan fingerprint density at radius 1 is 1.23 bits per heavy atom. The van der Waals surface area contributed by atoms with Gasteiger partial charge in [0.2, 0.25) is 5.91 Å². The van der Waals surface area contributed by atoms with Gasteiger partial charge >= 0.3 is 0 Å². The number of aromatic nitrogens is 1. The summed E-state index contributed by atoms with van der Waals surface area (Å²) in [6, 6.07) is 10.5. The summed E-state index contributed by atoms with van der Waals surface area (Å²) in [5.41, 5.74) is 3.94. The monoisotopic (exact) mass is 356 g/mol. The summed E-state index contributed by atoms with van der Waals surface area (Å²) >= 11 is 3.52. The normalized spacial score (nSPS) is 25.8. The molecule has 3 nitrogen and oxygen atoms in total. The fourth-order valence-corrected chi connectivity index (χ4v) is 4.20. The van der Waals surface area contributed by atoms with Crippen molar-refractivity contribution in [1.29, 1.82) is 0 Å². The predicted molar refractivity (Wildman–Crippen MR) is 91.1 cm³/mol. The molecule has 0 unspecified atom stereocenters. The maximum Gasteiger partial charge on any atom is 0.239 e. The Hall–Kier alpha value is -1.81. The molecule has 0 fully saturated rings. The number of fused-ring (bicyclic) bond motifs is 2. The lowest BCUT2D eigenvalue weighted by molar-refractivity contribution is -0.119. The van der Waals surface area contributed by atoms with Gasteiger partial charge in [0.1, 0.15) is 0 Å². The largest absolute Gasteiger partial charge is 0.342 e. The number of aryl methyl sites for hydroxylation is 2. The summed E-state index contributed by atoms with van der Waals surface area (Å²) in [7, 11) is 0. The molecule has 1 aliphatic carbocycles. The van der Waals surface area contributed by atoms with E-state index in [1.165, 1.54) is 11.4 Å². The molecular weight excluding hydrogens is 340 g/mol. The highest BCUT2D eigenvalue weighted by molar-refractivity contribution is 9.10. The molecule has 1 aromatic heterocycles. The van der Waals surface area contributed by atoms with Crippen molar-refractivity contribution in [3.63, 3.8) is 0 Å². The van der Waals surface area contributed by atoms with E-state index in [1.54, 1.807) is 0 Å². The van der Waals surface area contributed by atoms with E-state index in [2.05, 4.69) is 70.0 Å². The molecular formula is C18H17BrN2O. The van der Waals surface area contributed by atoms with Crippen molar-refractivity contribution in [2.24, 2.45) is 0 Å². The van der Waals surface area contributed by atoms with Crippen molar-refractivity contribution >= 4 is 27.5 Å². The predicted octanol–water partition coefficient (Wildman–Crippen LogP) is 4.26. The smallest absolute Gasteiger partial charge is 0.239 e. The number of hydrogen-bond acceptors (Lipinski definition) is 1. The Bertz CT molecular complexity index is 801. The van der Waals surface area contributed by atoms with Gasteiger partial charge in [0.05, 0.1) is 11.5 Å². The summed E-state index contributed by atoms with van der Waals surface area (Å²) in [6.07, 6.45) is 5.04. The number of carbonyl (C=O) groups is 1. The molecule has 22 heavy (non-hydrogen) atoms. The van der Waals surface area contributed by atoms with Gasteiger partial charge < -0.3 is 9.88 Å². The third-order valence-corrected chi connectivity index (χ3v) is 5.40. The molecule has 1 spiro atoms. The quantitative estimate of drug-likeness (QED) is 0.761. The molecule has 112 valence electrons. The van der Waals surface area contributed by atoms with E-state index >= 15 is 0 Å². The SMILES string of the molecule is Cc1ccc(C)n1[C@@H]1C=C[C@@]2(C1)C(=O)Nc1ccc(Br)cc12. The van der Waals surface area contributed by atoms with Crippen LogP contribution in [0, 0.1) is 13.8 Å². The van der Waals surface area contributed by atoms with Gasteiger partial charge in [0, 0.05) is 21.5 Å². The van der Waals surface area contributed by atoms with Crippen molar-refractivity contribution < 1.29 is 4.79 Å². The Labute approximate surface area is 138 Å². The molecule has 2 aromatic rings. The highest BCUT2D eigenvalue weighted by Gasteiger charge is 2.49. The maximum atomic E-state index is 12.7. The van der Waals surface area contributed by atoms with E-state index in [9.17, 15) is 4.79 Å². The first-order chi connectivity index (χ1) is 10.5. The summed E-state index contributed by atoms with van der Waals surface area (Å²) in [4.78, 5) is 12.7. The van der Waals surface area contributed by atoms with Gasteiger partial charge in [-0.3, -0.25) is 4.79 Å². The first-order valence-corrected chi connectivity index (χ1v) is 8.26. The number of halogens is 1. The van der Waals surface area contributed by atoms with E-state index in [1.807, 2.05) is 12.1 Å². The molecule has 4 rings (SSSR count). The van der Waals surface area contributed by atoms with E-state index in [0.29, 0.717) is 0 Å². The van der Waals surface area contributed by atoms with Crippen molar-refractivity contribution in [3.8, 4) is 0 Å². The minimum atomic E-state index is -0.535. The zero-order valence-electron chi connectivity index (χ0n) is 12.6. The van der Waals surface area contributed by atoms with Crippen LogP contribution < -0.4 is 5.32 Å². The zero-order valence-corrected chi connectivity index (χ0v) is 14.1. The molecule has 0 saturated carbocycles. The zero-order chi connectivity index (χ0) is 15.5. The molecule has 1 aliphatic heterocycles. The molecule has 2 atom stereocenters. The Morgan fingerprint density at radius 2 is 1.95 bits per heavy atom. The maximum absolute atomic E-state index is 12.7. The second-order valence-corrected chi connectivity index (χ2v) is 7.15. The van der Waals surface area contributed by atoms with Crippen LogP contribution in [0.2, 0.25) is 0 Å². The third kappa shape index (κ3) is 1.76. The molecule has 4 heteroatoms. The number of carbonyl (C=O) groups excluding carboxylic acids is 1. The van der Waals surface area contributed by atoms with Gasteiger partial charge in [-0.1, -0.05) is 28.1 Å². The van der Waals surface area contributed by atoms with Gasteiger partial charge in [0.25, 0.3) is 0 Å². The molecule has 0 radical (unpaired) electrons. The average molecular weight is 357 g/mol. The molecule has 0 saturated heterocycles. The van der Waals surface area contributed by atoms with Crippen LogP contribution in [0.5, 0.6) is 0 Å². The van der Waals surface area contributed by atoms with E-state index < -0.39 is 5.41 Å². The molecule has 1 N–H and O–H groups in total. The molecule has 1 aromatic carbocycles. The fourth-order valence-electron chi connectivity index (χ4n) is 3.84. The number of rotatable bonds is 1. The second-order valence-electron chi connectivity index (χ2n) is 6.23. The Balaban J connectivity index is 1.79. The van der Waals surface area contributed by atoms with Crippen molar-refractivity contribution in [2.45, 2.75) is 31.7 Å². The Morgan fingerprint density at radius 3 is 2.68 bits per heavy atom. The standard InChI is InChI=1S/C18H17BrN2O/c1-11-3-4-12(2)21(11)14-7-8-18(10-14)15-9-13(19)5-6-16(15)20-17(18)22/h3-9,14H,10H2,1-2H3,(H,20,22)/t14-,18+/m1/s1. The van der Waals surface area contributed by atoms with Crippen LogP contribution in [0.25, 0.3) is 0 Å². The summed E-state index contributed by atoms with van der Waals surface area (Å²) in [5, 5.41) is 3.03. The number of hydrogen-bond donors (Lipinski definition) is 1. The molecule has 2 aliphatic rings. The number of allylic oxidation sites excluding steroid dienone is 1. The van der Waals surface area contributed by atoms with Gasteiger partial charge in [-0.15, -0.1) is 0 Å². The van der Waals surface area contributed by atoms with Crippen LogP contribution in [0.1, 0.15) is 29.4 Å². The highest BCUT2D eigenvalue weighted by Crippen LogP contribution is 2.49. The molecule has 0 bridgehead atoms. The van der Waals surface area contributed by atoms with Crippen molar-refractivity contribution in [1.82, 2.24) is 4.57 Å². The molecule has 1 amide bonds. The first kappa shape index (κ1) is 13.8. The summed E-state index contributed by atoms with van der Waals surface area (Å²) < 4.78 is 3.32. The van der Waals surface area contributed by atoms with Crippen molar-refractivity contribution in [2.75, 3.05) is 5.32 Å². The fraction of sp³-hybridized carbons (Fsp3) is 0.278. The third-order valence-electron chi connectivity index (χ3n) is 4.91. The van der Waals surface area contributed by atoms with Crippen LogP contribution in [0.4, 0.5) is 5.69 Å². The van der Waals surface area contributed by atoms with Gasteiger partial charge in [-0.05, 0) is 56.2 Å². The first-order valence-electron chi connectivity index (χ1n) is 7.46. The van der Waals surface area contributed by atoms with Gasteiger partial charge in [-0.2, -0.15) is 0 Å². The van der Waals surface area contributed by atoms with Crippen LogP contribution in [0.15, 0.2) is 47.0 Å². The van der Waals surface area contributed by atoms with Gasteiger partial charge in [-0.25, -0.2) is 0 Å². The van der Waals surface area contributed by atoms with Crippen molar-refractivity contribution in [3.05, 3.63) is 63.9 Å².